The molecule has 0 aliphatic rings. The molecule has 0 amide bonds. The molecular weight excluding hydrogens is 257 g/mol. The van der Waals surface area contributed by atoms with E-state index in [1.54, 1.807) is 0 Å². The Kier molecular flexibility index (Phi) is 7.47. The second kappa shape index (κ2) is 6.77. The second-order valence-electron chi connectivity index (χ2n) is 2.47. The molecule has 0 heterocycles. The number of carboxylic acid groups (broad SMARTS) is 2. The van der Waals surface area contributed by atoms with E-state index in [1.165, 1.54) is 0 Å². The van der Waals surface area contributed by atoms with Crippen LogP contribution in [0.4, 0.5) is 18.0 Å². The first-order valence-corrected chi connectivity index (χ1v) is 4.21. The van der Waals surface area contributed by atoms with E-state index in [4.69, 9.17) is 26.6 Å². The minimum Gasteiger partial charge on any atom is -0.450 e. The maximum atomic E-state index is 12.3. The normalized spacial score (nSPS) is 13.7. The molecule has 0 aromatic heterocycles. The molecule has 0 spiro atoms. The minimum atomic E-state index is -4.64. The zero-order chi connectivity index (χ0) is 13.6. The highest BCUT2D eigenvalue weighted by Gasteiger charge is 2.59. The number of hydrogen-bond donors (Lipinski definition) is 2. The topological polar surface area (TPSA) is 76.0 Å². The average Bonchev–Trinajstić information content (AvgIpc) is 2.02. The van der Waals surface area contributed by atoms with Crippen LogP contribution in [0.1, 0.15) is 6.92 Å². The van der Waals surface area contributed by atoms with E-state index in [2.05, 4.69) is 9.47 Å². The third kappa shape index (κ3) is 4.86. The van der Waals surface area contributed by atoms with Crippen LogP contribution in [0.15, 0.2) is 0 Å². The summed E-state index contributed by atoms with van der Waals surface area (Å²) in [5.41, 5.74) is 0. The number of hydrogen-bond acceptors (Lipinski definition) is 3. The largest absolute Gasteiger partial charge is 0.503 e. The number of methoxy groups -OCH3 is 2. The van der Waals surface area contributed by atoms with Crippen LogP contribution in [0.2, 0.25) is 0 Å². The summed E-state index contributed by atoms with van der Waals surface area (Å²) in [7, 11) is 1.80. The lowest BCUT2D eigenvalue weighted by Crippen LogP contribution is -2.54. The van der Waals surface area contributed by atoms with Crippen molar-refractivity contribution in [2.75, 3.05) is 14.2 Å². The van der Waals surface area contributed by atoms with E-state index < -0.39 is 23.5 Å². The zero-order valence-corrected chi connectivity index (χ0v) is 9.46. The van der Waals surface area contributed by atoms with Gasteiger partial charge in [0, 0.05) is 14.2 Å². The average molecular weight is 269 g/mol. The van der Waals surface area contributed by atoms with E-state index >= 15 is 0 Å². The maximum absolute atomic E-state index is 12.3. The van der Waals surface area contributed by atoms with Crippen molar-refractivity contribution in [1.29, 1.82) is 0 Å². The zero-order valence-electron chi connectivity index (χ0n) is 8.71. The van der Waals surface area contributed by atoms with Crippen molar-refractivity contribution >= 4 is 17.8 Å². The third-order valence-electron chi connectivity index (χ3n) is 1.53. The SMILES string of the molecule is COC(OC)(C(C)Cl)C(F)(F)F.O=C(O)O. The van der Waals surface area contributed by atoms with Gasteiger partial charge >= 0.3 is 12.3 Å². The highest BCUT2D eigenvalue weighted by atomic mass is 35.5. The quantitative estimate of drug-likeness (QED) is 0.607. The Labute approximate surface area is 94.7 Å². The van der Waals surface area contributed by atoms with E-state index in [1.807, 2.05) is 0 Å². The van der Waals surface area contributed by atoms with Gasteiger partial charge in [-0.15, -0.1) is 11.6 Å². The van der Waals surface area contributed by atoms with Gasteiger partial charge in [0.15, 0.2) is 0 Å². The van der Waals surface area contributed by atoms with Gasteiger partial charge in [-0.3, -0.25) is 0 Å². The van der Waals surface area contributed by atoms with E-state index in [-0.39, 0.29) is 0 Å². The van der Waals surface area contributed by atoms with Crippen LogP contribution < -0.4 is 0 Å². The fourth-order valence-corrected chi connectivity index (χ4v) is 1.17. The van der Waals surface area contributed by atoms with Crippen LogP contribution in [-0.4, -0.2) is 47.9 Å². The number of ether oxygens (including phenoxy) is 2. The third-order valence-corrected chi connectivity index (χ3v) is 1.81. The van der Waals surface area contributed by atoms with Gasteiger partial charge in [0.2, 0.25) is 0 Å². The molecule has 16 heavy (non-hydrogen) atoms. The van der Waals surface area contributed by atoms with Crippen LogP contribution in [0.3, 0.4) is 0 Å². The van der Waals surface area contributed by atoms with Gasteiger partial charge in [0.05, 0.1) is 5.38 Å². The van der Waals surface area contributed by atoms with Crippen molar-refractivity contribution in [2.45, 2.75) is 24.3 Å². The van der Waals surface area contributed by atoms with E-state index in [9.17, 15) is 13.2 Å². The molecule has 1 atom stereocenters. The predicted octanol–water partition coefficient (Wildman–Crippen LogP) is 2.39. The fourth-order valence-electron chi connectivity index (χ4n) is 0.865. The van der Waals surface area contributed by atoms with Crippen LogP contribution in [-0.2, 0) is 9.47 Å². The van der Waals surface area contributed by atoms with Crippen LogP contribution >= 0.6 is 11.6 Å². The molecule has 0 aliphatic heterocycles. The number of alkyl halides is 4. The molecule has 98 valence electrons. The second-order valence-corrected chi connectivity index (χ2v) is 3.13. The number of rotatable bonds is 3. The fraction of sp³-hybridized carbons (Fsp3) is 0.857. The minimum absolute atomic E-state index is 0.899. The van der Waals surface area contributed by atoms with Crippen molar-refractivity contribution in [3.63, 3.8) is 0 Å². The Morgan fingerprint density at radius 3 is 1.50 bits per heavy atom. The molecule has 0 bridgehead atoms. The monoisotopic (exact) mass is 268 g/mol. The first kappa shape index (κ1) is 17.7. The lowest BCUT2D eigenvalue weighted by atomic mass is 10.2. The summed E-state index contributed by atoms with van der Waals surface area (Å²) >= 11 is 5.32. The predicted molar refractivity (Wildman–Crippen MR) is 48.8 cm³/mol. The summed E-state index contributed by atoms with van der Waals surface area (Å²) in [6.45, 7) is 1.15. The summed E-state index contributed by atoms with van der Waals surface area (Å²) in [4.78, 5) is 8.56. The van der Waals surface area contributed by atoms with Gasteiger partial charge in [-0.2, -0.15) is 13.2 Å². The van der Waals surface area contributed by atoms with E-state index in [0.29, 0.717) is 0 Å². The van der Waals surface area contributed by atoms with Crippen LogP contribution in [0.25, 0.3) is 0 Å². The molecular formula is C7H12ClF3O5. The Hall–Kier alpha value is -0.730. The van der Waals surface area contributed by atoms with Gasteiger partial charge in [0.25, 0.3) is 5.79 Å². The van der Waals surface area contributed by atoms with Crippen molar-refractivity contribution in [2.24, 2.45) is 0 Å². The van der Waals surface area contributed by atoms with Gasteiger partial charge in [-0.05, 0) is 6.92 Å². The summed E-state index contributed by atoms with van der Waals surface area (Å²) in [6, 6.07) is 0. The Morgan fingerprint density at radius 1 is 1.25 bits per heavy atom. The lowest BCUT2D eigenvalue weighted by Gasteiger charge is -2.34. The molecule has 0 aromatic rings. The van der Waals surface area contributed by atoms with Crippen LogP contribution in [0, 0.1) is 0 Å². The van der Waals surface area contributed by atoms with Gasteiger partial charge < -0.3 is 19.7 Å². The number of halogens is 4. The molecule has 0 aromatic carbocycles. The van der Waals surface area contributed by atoms with Gasteiger partial charge in [-0.25, -0.2) is 4.79 Å². The molecule has 1 unspecified atom stereocenters. The Morgan fingerprint density at radius 2 is 1.50 bits per heavy atom. The number of carbonyl (C=O) groups is 1. The summed E-state index contributed by atoms with van der Waals surface area (Å²) in [5, 5.41) is 12.6. The first-order valence-electron chi connectivity index (χ1n) is 3.78. The molecule has 0 saturated carbocycles. The van der Waals surface area contributed by atoms with Crippen molar-refractivity contribution in [3.05, 3.63) is 0 Å². The van der Waals surface area contributed by atoms with Crippen molar-refractivity contribution in [1.82, 2.24) is 0 Å². The summed E-state index contributed by atoms with van der Waals surface area (Å²) in [6.07, 6.45) is -6.47. The lowest BCUT2D eigenvalue weighted by molar-refractivity contribution is -0.365. The summed E-state index contributed by atoms with van der Waals surface area (Å²) in [5.74, 6) is -2.71. The molecule has 0 rings (SSSR count). The molecule has 5 nitrogen and oxygen atoms in total. The molecule has 0 fully saturated rings. The standard InChI is InChI=1S/C6H10ClF3O2.CH2O3/c1-4(7)5(11-2,12-3)6(8,9)10;2-1(3)4/h4H,1-3H3;(H2,2,3,4). The first-order chi connectivity index (χ1) is 7.05. The van der Waals surface area contributed by atoms with Crippen molar-refractivity contribution in [3.8, 4) is 0 Å². The van der Waals surface area contributed by atoms with Gasteiger partial charge in [-0.1, -0.05) is 0 Å². The van der Waals surface area contributed by atoms with Gasteiger partial charge in [0.1, 0.15) is 0 Å². The Bertz CT molecular complexity index is 211. The highest BCUT2D eigenvalue weighted by Crippen LogP contribution is 2.38. The molecule has 0 radical (unpaired) electrons. The Balaban J connectivity index is 0. The molecule has 0 saturated heterocycles. The van der Waals surface area contributed by atoms with Crippen molar-refractivity contribution < 1.29 is 37.7 Å². The molecule has 9 heteroatoms. The molecule has 2 N–H and O–H groups in total. The van der Waals surface area contributed by atoms with E-state index in [0.717, 1.165) is 21.1 Å². The van der Waals surface area contributed by atoms with Crippen LogP contribution in [0.5, 0.6) is 0 Å². The smallest absolute Gasteiger partial charge is 0.450 e. The molecule has 0 aliphatic carbocycles. The maximum Gasteiger partial charge on any atom is 0.503 e. The summed E-state index contributed by atoms with van der Waals surface area (Å²) < 4.78 is 45.3. The highest BCUT2D eigenvalue weighted by molar-refractivity contribution is 6.21.